The summed E-state index contributed by atoms with van der Waals surface area (Å²) >= 11 is 0. The quantitative estimate of drug-likeness (QED) is 0.874. The van der Waals surface area contributed by atoms with E-state index in [1.807, 2.05) is 0 Å². The second kappa shape index (κ2) is 8.09. The van der Waals surface area contributed by atoms with Crippen LogP contribution in [0.4, 0.5) is 18.9 Å². The number of ether oxygens (including phenoxy) is 1. The lowest BCUT2D eigenvalue weighted by molar-refractivity contribution is -0.137. The van der Waals surface area contributed by atoms with Crippen LogP contribution in [0.25, 0.3) is 0 Å². The third-order valence-corrected chi connectivity index (χ3v) is 2.67. The molecule has 8 heteroatoms. The van der Waals surface area contributed by atoms with E-state index in [1.54, 1.807) is 13.8 Å². The molecule has 1 aromatic rings. The summed E-state index contributed by atoms with van der Waals surface area (Å²) in [6, 6.07) is 2.95. The van der Waals surface area contributed by atoms with E-state index in [0.29, 0.717) is 0 Å². The van der Waals surface area contributed by atoms with E-state index in [9.17, 15) is 18.0 Å². The van der Waals surface area contributed by atoms with Crippen molar-refractivity contribution < 1.29 is 22.7 Å². The van der Waals surface area contributed by atoms with E-state index < -0.39 is 23.6 Å². The molecule has 21 heavy (non-hydrogen) atoms. The molecule has 3 N–H and O–H groups in total. The van der Waals surface area contributed by atoms with Crippen LogP contribution in [-0.4, -0.2) is 19.1 Å². The van der Waals surface area contributed by atoms with E-state index in [0.717, 1.165) is 12.1 Å². The molecule has 1 unspecified atom stereocenters. The zero-order valence-electron chi connectivity index (χ0n) is 11.7. The maximum atomic E-state index is 12.7. The van der Waals surface area contributed by atoms with Crippen LogP contribution in [0.2, 0.25) is 0 Å². The zero-order valence-corrected chi connectivity index (χ0v) is 12.5. The highest BCUT2D eigenvalue weighted by molar-refractivity contribution is 5.94. The van der Waals surface area contributed by atoms with E-state index in [4.69, 9.17) is 10.5 Å². The van der Waals surface area contributed by atoms with Crippen molar-refractivity contribution in [3.05, 3.63) is 23.8 Å². The number of amides is 1. The summed E-state index contributed by atoms with van der Waals surface area (Å²) in [5.41, 5.74) is 4.49. The summed E-state index contributed by atoms with van der Waals surface area (Å²) in [6.45, 7) is 3.67. The first-order chi connectivity index (χ1) is 9.29. The van der Waals surface area contributed by atoms with E-state index in [-0.39, 0.29) is 37.0 Å². The SMILES string of the molecule is CCOc1ccc(C(F)(F)F)cc1NC(=O)C(C)CN.Cl. The van der Waals surface area contributed by atoms with Gasteiger partial charge in [-0.1, -0.05) is 6.92 Å². The standard InChI is InChI=1S/C13H17F3N2O2.ClH/c1-3-20-11-5-4-9(13(14,15)16)6-10(11)18-12(19)8(2)7-17;/h4-6,8H,3,7,17H2,1-2H3,(H,18,19);1H. The predicted octanol–water partition coefficient (Wildman–Crippen LogP) is 3.06. The predicted molar refractivity (Wildman–Crippen MR) is 76.7 cm³/mol. The molecule has 0 saturated carbocycles. The number of alkyl halides is 3. The molecule has 1 aromatic carbocycles. The van der Waals surface area contributed by atoms with Crippen molar-refractivity contribution >= 4 is 24.0 Å². The molecule has 0 bridgehead atoms. The fourth-order valence-electron chi connectivity index (χ4n) is 1.45. The summed E-state index contributed by atoms with van der Waals surface area (Å²) in [4.78, 5) is 11.7. The second-order valence-corrected chi connectivity index (χ2v) is 4.27. The van der Waals surface area contributed by atoms with Crippen molar-refractivity contribution in [2.24, 2.45) is 11.7 Å². The highest BCUT2D eigenvalue weighted by Gasteiger charge is 2.31. The van der Waals surface area contributed by atoms with Crippen LogP contribution in [0.3, 0.4) is 0 Å². The van der Waals surface area contributed by atoms with Crippen LogP contribution in [0, 0.1) is 5.92 Å². The summed E-state index contributed by atoms with van der Waals surface area (Å²) in [5, 5.41) is 2.41. The van der Waals surface area contributed by atoms with Gasteiger partial charge >= 0.3 is 6.18 Å². The van der Waals surface area contributed by atoms with Gasteiger partial charge in [0.25, 0.3) is 0 Å². The van der Waals surface area contributed by atoms with Crippen LogP contribution in [0.1, 0.15) is 19.4 Å². The fourth-order valence-corrected chi connectivity index (χ4v) is 1.45. The Morgan fingerprint density at radius 3 is 2.52 bits per heavy atom. The molecule has 0 radical (unpaired) electrons. The Labute approximate surface area is 127 Å². The molecular formula is C13H18ClF3N2O2. The van der Waals surface area contributed by atoms with Gasteiger partial charge in [-0.15, -0.1) is 12.4 Å². The fraction of sp³-hybridized carbons (Fsp3) is 0.462. The van der Waals surface area contributed by atoms with Gasteiger partial charge in [0.1, 0.15) is 5.75 Å². The minimum atomic E-state index is -4.48. The Kier molecular flexibility index (Phi) is 7.52. The minimum Gasteiger partial charge on any atom is -0.492 e. The molecule has 0 fully saturated rings. The third-order valence-electron chi connectivity index (χ3n) is 2.67. The van der Waals surface area contributed by atoms with Gasteiger partial charge in [0.2, 0.25) is 5.91 Å². The summed E-state index contributed by atoms with van der Waals surface area (Å²) in [6.07, 6.45) is -4.48. The Balaban J connectivity index is 0.00000400. The highest BCUT2D eigenvalue weighted by atomic mass is 35.5. The smallest absolute Gasteiger partial charge is 0.416 e. The number of anilines is 1. The largest absolute Gasteiger partial charge is 0.492 e. The number of hydrogen-bond donors (Lipinski definition) is 2. The Morgan fingerprint density at radius 2 is 2.05 bits per heavy atom. The van der Waals surface area contributed by atoms with Gasteiger partial charge in [-0.3, -0.25) is 4.79 Å². The molecule has 1 atom stereocenters. The maximum Gasteiger partial charge on any atom is 0.416 e. The van der Waals surface area contributed by atoms with Crippen LogP contribution in [0.5, 0.6) is 5.75 Å². The Morgan fingerprint density at radius 1 is 1.43 bits per heavy atom. The van der Waals surface area contributed by atoms with E-state index in [1.165, 1.54) is 6.07 Å². The normalized spacial score (nSPS) is 12.3. The van der Waals surface area contributed by atoms with Crippen molar-refractivity contribution in [2.75, 3.05) is 18.5 Å². The van der Waals surface area contributed by atoms with Gasteiger partial charge in [-0.2, -0.15) is 13.2 Å². The van der Waals surface area contributed by atoms with Crippen molar-refractivity contribution in [1.29, 1.82) is 0 Å². The average molecular weight is 327 g/mol. The number of benzene rings is 1. The van der Waals surface area contributed by atoms with Crippen LogP contribution < -0.4 is 15.8 Å². The van der Waals surface area contributed by atoms with Crippen LogP contribution in [-0.2, 0) is 11.0 Å². The van der Waals surface area contributed by atoms with Gasteiger partial charge in [-0.25, -0.2) is 0 Å². The number of halogens is 4. The summed E-state index contributed by atoms with van der Waals surface area (Å²) in [5.74, 6) is -0.759. The molecule has 4 nitrogen and oxygen atoms in total. The molecule has 1 amide bonds. The molecule has 1 rings (SSSR count). The molecule has 0 aliphatic heterocycles. The van der Waals surface area contributed by atoms with Crippen molar-refractivity contribution in [2.45, 2.75) is 20.0 Å². The van der Waals surface area contributed by atoms with Gasteiger partial charge in [-0.05, 0) is 25.1 Å². The number of carbonyl (C=O) groups excluding carboxylic acids is 1. The molecule has 0 aliphatic rings. The number of nitrogens with one attached hydrogen (secondary N) is 1. The summed E-state index contributed by atoms with van der Waals surface area (Å²) < 4.78 is 43.2. The van der Waals surface area contributed by atoms with Crippen molar-refractivity contribution in [3.63, 3.8) is 0 Å². The topological polar surface area (TPSA) is 64.3 Å². The maximum absolute atomic E-state index is 12.7. The molecule has 0 aliphatic carbocycles. The van der Waals surface area contributed by atoms with E-state index in [2.05, 4.69) is 5.32 Å². The molecule has 0 saturated heterocycles. The average Bonchev–Trinajstić information content (AvgIpc) is 2.38. The zero-order chi connectivity index (χ0) is 15.3. The van der Waals surface area contributed by atoms with Gasteiger partial charge in [0, 0.05) is 12.5 Å². The first kappa shape index (κ1) is 19.5. The number of carbonyl (C=O) groups is 1. The number of nitrogens with two attached hydrogens (primary N) is 1. The molecule has 0 aromatic heterocycles. The van der Waals surface area contributed by atoms with Crippen LogP contribution >= 0.6 is 12.4 Å². The van der Waals surface area contributed by atoms with Crippen LogP contribution in [0.15, 0.2) is 18.2 Å². The highest BCUT2D eigenvalue weighted by Crippen LogP contribution is 2.35. The second-order valence-electron chi connectivity index (χ2n) is 4.27. The Bertz CT molecular complexity index is 481. The van der Waals surface area contributed by atoms with Crippen molar-refractivity contribution in [3.8, 4) is 5.75 Å². The van der Waals surface area contributed by atoms with E-state index >= 15 is 0 Å². The van der Waals surface area contributed by atoms with Gasteiger partial charge in [0.05, 0.1) is 17.9 Å². The first-order valence-corrected chi connectivity index (χ1v) is 6.14. The molecule has 0 heterocycles. The molecule has 120 valence electrons. The van der Waals surface area contributed by atoms with Gasteiger partial charge < -0.3 is 15.8 Å². The first-order valence-electron chi connectivity index (χ1n) is 6.14. The monoisotopic (exact) mass is 326 g/mol. The minimum absolute atomic E-state index is 0. The Hall–Kier alpha value is -1.47. The van der Waals surface area contributed by atoms with Gasteiger partial charge in [0.15, 0.2) is 0 Å². The number of rotatable bonds is 5. The van der Waals surface area contributed by atoms with Crippen molar-refractivity contribution in [1.82, 2.24) is 0 Å². The molecule has 0 spiro atoms. The lowest BCUT2D eigenvalue weighted by atomic mass is 10.1. The molecular weight excluding hydrogens is 309 g/mol. The lowest BCUT2D eigenvalue weighted by Crippen LogP contribution is -2.27. The number of hydrogen-bond acceptors (Lipinski definition) is 3. The third kappa shape index (κ3) is 5.43. The summed E-state index contributed by atoms with van der Waals surface area (Å²) in [7, 11) is 0. The lowest BCUT2D eigenvalue weighted by Gasteiger charge is -2.16.